The van der Waals surface area contributed by atoms with Crippen molar-refractivity contribution >= 4 is 23.2 Å². The van der Waals surface area contributed by atoms with Crippen LogP contribution < -0.4 is 0 Å². The minimum absolute atomic E-state index is 0.161. The minimum atomic E-state index is -0.219. The summed E-state index contributed by atoms with van der Waals surface area (Å²) in [7, 11) is 0. The molecule has 1 aliphatic heterocycles. The Morgan fingerprint density at radius 2 is 1.67 bits per heavy atom. The molecule has 2 rings (SSSR count). The molecular formula is C13H16Cl2FNO. The van der Waals surface area contributed by atoms with Gasteiger partial charge in [0.1, 0.15) is 5.82 Å². The van der Waals surface area contributed by atoms with Crippen LogP contribution in [-0.4, -0.2) is 42.0 Å². The third-order valence-corrected chi connectivity index (χ3v) is 3.91. The highest BCUT2D eigenvalue weighted by molar-refractivity contribution is 6.18. The smallest absolute Gasteiger partial charge is 0.123 e. The second-order valence-electron chi connectivity index (χ2n) is 4.45. The summed E-state index contributed by atoms with van der Waals surface area (Å²) in [6.07, 6.45) is 0. The van der Waals surface area contributed by atoms with Crippen molar-refractivity contribution in [1.29, 1.82) is 0 Å². The van der Waals surface area contributed by atoms with Crippen LogP contribution in [0.15, 0.2) is 24.3 Å². The van der Waals surface area contributed by atoms with Crippen molar-refractivity contribution in [3.63, 3.8) is 0 Å². The van der Waals surface area contributed by atoms with Gasteiger partial charge >= 0.3 is 0 Å². The number of morpholine rings is 1. The van der Waals surface area contributed by atoms with Gasteiger partial charge in [0, 0.05) is 30.4 Å². The predicted molar refractivity (Wildman–Crippen MR) is 71.8 cm³/mol. The van der Waals surface area contributed by atoms with Gasteiger partial charge < -0.3 is 4.74 Å². The molecule has 2 unspecified atom stereocenters. The first kappa shape index (κ1) is 14.1. The number of rotatable bonds is 4. The zero-order valence-electron chi connectivity index (χ0n) is 9.99. The maximum Gasteiger partial charge on any atom is 0.123 e. The number of alkyl halides is 2. The lowest BCUT2D eigenvalue weighted by Gasteiger charge is -2.40. The summed E-state index contributed by atoms with van der Waals surface area (Å²) in [6, 6.07) is 6.86. The molecule has 0 spiro atoms. The van der Waals surface area contributed by atoms with Crippen molar-refractivity contribution in [2.45, 2.75) is 18.6 Å². The molecule has 1 saturated heterocycles. The molecule has 0 radical (unpaired) electrons. The number of halogens is 3. The summed E-state index contributed by atoms with van der Waals surface area (Å²) in [5.41, 5.74) is 1.06. The Labute approximate surface area is 117 Å². The van der Waals surface area contributed by atoms with Crippen molar-refractivity contribution in [3.05, 3.63) is 35.6 Å². The first-order valence-electron chi connectivity index (χ1n) is 5.94. The fourth-order valence-electron chi connectivity index (χ4n) is 2.15. The largest absolute Gasteiger partial charge is 0.378 e. The third kappa shape index (κ3) is 3.35. The molecule has 18 heavy (non-hydrogen) atoms. The highest BCUT2D eigenvalue weighted by Crippen LogP contribution is 2.19. The van der Waals surface area contributed by atoms with Crippen molar-refractivity contribution in [2.24, 2.45) is 0 Å². The van der Waals surface area contributed by atoms with Crippen molar-refractivity contribution in [3.8, 4) is 0 Å². The van der Waals surface area contributed by atoms with Gasteiger partial charge in [-0.3, -0.25) is 4.90 Å². The number of ether oxygens (including phenoxy) is 1. The molecule has 5 heteroatoms. The van der Waals surface area contributed by atoms with Gasteiger partial charge in [-0.15, -0.1) is 23.2 Å². The van der Waals surface area contributed by atoms with E-state index in [0.717, 1.165) is 12.1 Å². The van der Waals surface area contributed by atoms with Gasteiger partial charge in [-0.2, -0.15) is 0 Å². The van der Waals surface area contributed by atoms with Crippen LogP contribution in [0.3, 0.4) is 0 Å². The minimum Gasteiger partial charge on any atom is -0.378 e. The van der Waals surface area contributed by atoms with Crippen molar-refractivity contribution in [2.75, 3.05) is 25.0 Å². The van der Waals surface area contributed by atoms with E-state index >= 15 is 0 Å². The SMILES string of the molecule is Fc1ccc(CN2C(CCl)COCC2CCl)cc1. The first-order chi connectivity index (χ1) is 8.74. The molecule has 100 valence electrons. The Kier molecular flexibility index (Phi) is 5.25. The summed E-state index contributed by atoms with van der Waals surface area (Å²) in [6.45, 7) is 1.97. The zero-order valence-corrected chi connectivity index (χ0v) is 11.5. The lowest BCUT2D eigenvalue weighted by Crippen LogP contribution is -2.53. The second kappa shape index (κ2) is 6.71. The average Bonchev–Trinajstić information content (AvgIpc) is 2.41. The zero-order chi connectivity index (χ0) is 13.0. The molecule has 1 heterocycles. The molecule has 0 amide bonds. The van der Waals surface area contributed by atoms with Crippen LogP contribution >= 0.6 is 23.2 Å². The number of hydrogen-bond donors (Lipinski definition) is 0. The molecule has 1 aliphatic rings. The van der Waals surface area contributed by atoms with Gasteiger partial charge in [0.15, 0.2) is 0 Å². The van der Waals surface area contributed by atoms with Crippen LogP contribution in [-0.2, 0) is 11.3 Å². The standard InChI is InChI=1S/C13H16Cl2FNO/c14-5-12-8-18-9-13(6-15)17(12)7-10-1-3-11(16)4-2-10/h1-4,12-13H,5-9H2. The van der Waals surface area contributed by atoms with Gasteiger partial charge in [-0.25, -0.2) is 4.39 Å². The van der Waals surface area contributed by atoms with E-state index in [2.05, 4.69) is 4.90 Å². The highest BCUT2D eigenvalue weighted by atomic mass is 35.5. The number of benzene rings is 1. The van der Waals surface area contributed by atoms with Crippen LogP contribution in [0.5, 0.6) is 0 Å². The Morgan fingerprint density at radius 3 is 2.17 bits per heavy atom. The Hall–Kier alpha value is -0.350. The lowest BCUT2D eigenvalue weighted by molar-refractivity contribution is -0.0384. The Balaban J connectivity index is 2.09. The molecule has 2 nitrogen and oxygen atoms in total. The van der Waals surface area contributed by atoms with E-state index in [1.807, 2.05) is 0 Å². The van der Waals surface area contributed by atoms with Gasteiger partial charge in [0.05, 0.1) is 13.2 Å². The summed E-state index contributed by atoms with van der Waals surface area (Å²) in [5.74, 6) is 0.798. The van der Waals surface area contributed by atoms with Crippen LogP contribution in [0.2, 0.25) is 0 Å². The van der Waals surface area contributed by atoms with E-state index in [9.17, 15) is 4.39 Å². The molecule has 0 N–H and O–H groups in total. The topological polar surface area (TPSA) is 12.5 Å². The lowest BCUT2D eigenvalue weighted by atomic mass is 10.1. The molecule has 1 aromatic rings. The van der Waals surface area contributed by atoms with Crippen LogP contribution in [0, 0.1) is 5.82 Å². The summed E-state index contributed by atoms with van der Waals surface area (Å²) in [5, 5.41) is 0. The monoisotopic (exact) mass is 291 g/mol. The van der Waals surface area contributed by atoms with E-state index < -0.39 is 0 Å². The molecular weight excluding hydrogens is 276 g/mol. The van der Waals surface area contributed by atoms with Crippen LogP contribution in [0.1, 0.15) is 5.56 Å². The number of nitrogens with zero attached hydrogens (tertiary/aromatic N) is 1. The molecule has 0 aromatic heterocycles. The fraction of sp³-hybridized carbons (Fsp3) is 0.538. The normalized spacial score (nSPS) is 25.3. The second-order valence-corrected chi connectivity index (χ2v) is 5.07. The van der Waals surface area contributed by atoms with Gasteiger partial charge in [0.25, 0.3) is 0 Å². The van der Waals surface area contributed by atoms with Crippen LogP contribution in [0.25, 0.3) is 0 Å². The van der Waals surface area contributed by atoms with Crippen molar-refractivity contribution in [1.82, 2.24) is 4.90 Å². The molecule has 2 atom stereocenters. The summed E-state index contributed by atoms with van der Waals surface area (Å²) >= 11 is 11.9. The average molecular weight is 292 g/mol. The van der Waals surface area contributed by atoms with E-state index in [1.165, 1.54) is 12.1 Å². The van der Waals surface area contributed by atoms with Gasteiger partial charge in [0.2, 0.25) is 0 Å². The fourth-order valence-corrected chi connectivity index (χ4v) is 2.69. The molecule has 1 aromatic carbocycles. The van der Waals surface area contributed by atoms with E-state index in [0.29, 0.717) is 25.0 Å². The molecule has 0 saturated carbocycles. The van der Waals surface area contributed by atoms with E-state index in [1.54, 1.807) is 12.1 Å². The van der Waals surface area contributed by atoms with E-state index in [-0.39, 0.29) is 17.9 Å². The summed E-state index contributed by atoms with van der Waals surface area (Å²) in [4.78, 5) is 2.25. The quantitative estimate of drug-likeness (QED) is 0.791. The molecule has 1 fully saturated rings. The summed E-state index contributed by atoms with van der Waals surface area (Å²) < 4.78 is 18.4. The maximum atomic E-state index is 12.9. The highest BCUT2D eigenvalue weighted by Gasteiger charge is 2.30. The Bertz CT molecular complexity index is 362. The molecule has 0 aliphatic carbocycles. The van der Waals surface area contributed by atoms with Gasteiger partial charge in [-0.1, -0.05) is 12.1 Å². The first-order valence-corrected chi connectivity index (χ1v) is 7.01. The predicted octanol–water partition coefficient (Wildman–Crippen LogP) is 2.87. The van der Waals surface area contributed by atoms with Crippen LogP contribution in [0.4, 0.5) is 4.39 Å². The van der Waals surface area contributed by atoms with Gasteiger partial charge in [-0.05, 0) is 17.7 Å². The number of hydrogen-bond acceptors (Lipinski definition) is 2. The van der Waals surface area contributed by atoms with Crippen molar-refractivity contribution < 1.29 is 9.13 Å². The third-order valence-electron chi connectivity index (χ3n) is 3.19. The molecule has 0 bridgehead atoms. The van der Waals surface area contributed by atoms with E-state index in [4.69, 9.17) is 27.9 Å². The Morgan fingerprint density at radius 1 is 1.11 bits per heavy atom. The maximum absolute atomic E-state index is 12.9.